The second-order valence-electron chi connectivity index (χ2n) is 7.67. The van der Waals surface area contributed by atoms with Gasteiger partial charge in [-0.1, -0.05) is 23.8 Å². The second kappa shape index (κ2) is 9.28. The Labute approximate surface area is 192 Å². The van der Waals surface area contributed by atoms with Crippen LogP contribution in [0.1, 0.15) is 28.2 Å². The van der Waals surface area contributed by atoms with Gasteiger partial charge in [-0.3, -0.25) is 4.79 Å². The first-order chi connectivity index (χ1) is 16.0. The fraction of sp³-hybridized carbons (Fsp3) is 0.222. The Bertz CT molecular complexity index is 1300. The van der Waals surface area contributed by atoms with E-state index >= 15 is 0 Å². The van der Waals surface area contributed by atoms with Gasteiger partial charge >= 0.3 is 0 Å². The number of benzene rings is 3. The van der Waals surface area contributed by atoms with Crippen LogP contribution in [0.4, 0.5) is 0 Å². The summed E-state index contributed by atoms with van der Waals surface area (Å²) in [6.45, 7) is 1.95. The third kappa shape index (κ3) is 4.12. The number of aryl methyl sites for hydroxylation is 1. The van der Waals surface area contributed by atoms with E-state index in [2.05, 4.69) is 0 Å². The molecule has 0 N–H and O–H groups in total. The van der Waals surface area contributed by atoms with Gasteiger partial charge in [-0.25, -0.2) is 0 Å². The predicted molar refractivity (Wildman–Crippen MR) is 127 cm³/mol. The molecular weight excluding hydrogens is 420 g/mol. The van der Waals surface area contributed by atoms with Crippen LogP contribution in [0.3, 0.4) is 0 Å². The fourth-order valence-corrected chi connectivity index (χ4v) is 4.08. The minimum atomic E-state index is -0.520. The first-order valence-corrected chi connectivity index (χ1v) is 10.5. The van der Waals surface area contributed by atoms with Gasteiger partial charge in [0.2, 0.25) is 0 Å². The first kappa shape index (κ1) is 22.3. The average molecular weight is 446 g/mol. The van der Waals surface area contributed by atoms with Crippen LogP contribution in [0.2, 0.25) is 0 Å². The van der Waals surface area contributed by atoms with E-state index in [-0.39, 0.29) is 5.43 Å². The molecular formula is C27H26O6. The number of ether oxygens (including phenoxy) is 4. The Morgan fingerprint density at radius 2 is 1.27 bits per heavy atom. The van der Waals surface area contributed by atoms with Crippen molar-refractivity contribution in [3.05, 3.63) is 93.3 Å². The van der Waals surface area contributed by atoms with Gasteiger partial charge in [0.15, 0.2) is 5.43 Å². The third-order valence-electron chi connectivity index (χ3n) is 5.77. The van der Waals surface area contributed by atoms with Gasteiger partial charge < -0.3 is 23.4 Å². The van der Waals surface area contributed by atoms with E-state index in [1.165, 1.54) is 6.26 Å². The standard InChI is InChI=1S/C27H26O6/c1-16-6-11-23-21(12-16)27(28)22(15-33-23)26(19-9-7-17(29-2)13-24(19)31-4)20-10-8-18(30-3)14-25(20)32-5/h6-15,26H,1-5H3. The monoisotopic (exact) mass is 446 g/mol. The van der Waals surface area contributed by atoms with Crippen molar-refractivity contribution >= 4 is 11.0 Å². The molecule has 6 heteroatoms. The average Bonchev–Trinajstić information content (AvgIpc) is 2.85. The lowest BCUT2D eigenvalue weighted by Crippen LogP contribution is -2.17. The van der Waals surface area contributed by atoms with Crippen LogP contribution in [0, 0.1) is 6.92 Å². The second-order valence-corrected chi connectivity index (χ2v) is 7.67. The molecule has 3 aromatic carbocycles. The molecule has 0 amide bonds. The quantitative estimate of drug-likeness (QED) is 0.383. The number of fused-ring (bicyclic) bond motifs is 1. The maximum Gasteiger partial charge on any atom is 0.196 e. The van der Waals surface area contributed by atoms with Crippen LogP contribution in [-0.4, -0.2) is 28.4 Å². The summed E-state index contributed by atoms with van der Waals surface area (Å²) >= 11 is 0. The zero-order valence-electron chi connectivity index (χ0n) is 19.3. The topological polar surface area (TPSA) is 67.1 Å². The highest BCUT2D eigenvalue weighted by Gasteiger charge is 2.28. The molecule has 0 fully saturated rings. The lowest BCUT2D eigenvalue weighted by molar-refractivity contribution is 0.386. The molecule has 0 bridgehead atoms. The molecule has 0 aliphatic rings. The lowest BCUT2D eigenvalue weighted by atomic mass is 9.84. The Kier molecular flexibility index (Phi) is 6.27. The molecule has 4 aromatic rings. The Morgan fingerprint density at radius 1 is 0.697 bits per heavy atom. The SMILES string of the molecule is COc1ccc(C(c2ccc(OC)cc2OC)c2coc3ccc(C)cc3c2=O)c(OC)c1. The molecule has 0 unspecified atom stereocenters. The van der Waals surface area contributed by atoms with E-state index in [1.54, 1.807) is 40.6 Å². The van der Waals surface area contributed by atoms with E-state index in [4.69, 9.17) is 23.4 Å². The number of rotatable bonds is 7. The third-order valence-corrected chi connectivity index (χ3v) is 5.77. The minimum absolute atomic E-state index is 0.110. The fourth-order valence-electron chi connectivity index (χ4n) is 4.08. The molecule has 6 nitrogen and oxygen atoms in total. The largest absolute Gasteiger partial charge is 0.497 e. The van der Waals surface area contributed by atoms with Gasteiger partial charge in [0.25, 0.3) is 0 Å². The highest BCUT2D eigenvalue weighted by molar-refractivity contribution is 5.78. The molecule has 4 rings (SSSR count). The summed E-state index contributed by atoms with van der Waals surface area (Å²) in [5, 5.41) is 0.525. The van der Waals surface area contributed by atoms with E-state index in [1.807, 2.05) is 49.4 Å². The van der Waals surface area contributed by atoms with E-state index in [0.29, 0.717) is 39.5 Å². The van der Waals surface area contributed by atoms with Crippen LogP contribution in [0.15, 0.2) is 70.1 Å². The van der Waals surface area contributed by atoms with Crippen molar-refractivity contribution in [3.8, 4) is 23.0 Å². The maximum atomic E-state index is 13.7. The highest BCUT2D eigenvalue weighted by Crippen LogP contribution is 2.42. The van der Waals surface area contributed by atoms with Crippen molar-refractivity contribution in [2.75, 3.05) is 28.4 Å². The number of methoxy groups -OCH3 is 4. The van der Waals surface area contributed by atoms with Crippen molar-refractivity contribution < 1.29 is 23.4 Å². The van der Waals surface area contributed by atoms with Crippen molar-refractivity contribution in [1.82, 2.24) is 0 Å². The van der Waals surface area contributed by atoms with Gasteiger partial charge in [0, 0.05) is 34.7 Å². The van der Waals surface area contributed by atoms with Crippen molar-refractivity contribution in [2.45, 2.75) is 12.8 Å². The van der Waals surface area contributed by atoms with Crippen molar-refractivity contribution in [3.63, 3.8) is 0 Å². The van der Waals surface area contributed by atoms with Crippen molar-refractivity contribution in [2.24, 2.45) is 0 Å². The minimum Gasteiger partial charge on any atom is -0.497 e. The molecule has 0 radical (unpaired) electrons. The molecule has 0 saturated carbocycles. The molecule has 0 aliphatic heterocycles. The van der Waals surface area contributed by atoms with E-state index in [9.17, 15) is 4.79 Å². The molecule has 0 atom stereocenters. The Morgan fingerprint density at radius 3 is 1.79 bits per heavy atom. The summed E-state index contributed by atoms with van der Waals surface area (Å²) in [6, 6.07) is 16.6. The Balaban J connectivity index is 2.05. The Hall–Kier alpha value is -3.93. The summed E-state index contributed by atoms with van der Waals surface area (Å²) < 4.78 is 28.0. The zero-order chi connectivity index (χ0) is 23.5. The summed E-state index contributed by atoms with van der Waals surface area (Å²) in [4.78, 5) is 13.7. The number of hydrogen-bond acceptors (Lipinski definition) is 6. The van der Waals surface area contributed by atoms with E-state index in [0.717, 1.165) is 16.7 Å². The van der Waals surface area contributed by atoms with Gasteiger partial charge in [-0.2, -0.15) is 0 Å². The summed E-state index contributed by atoms with van der Waals surface area (Å²) in [5.41, 5.74) is 3.44. The van der Waals surface area contributed by atoms with Crippen molar-refractivity contribution in [1.29, 1.82) is 0 Å². The van der Waals surface area contributed by atoms with Gasteiger partial charge in [-0.05, 0) is 31.2 Å². The van der Waals surface area contributed by atoms with Crippen LogP contribution in [-0.2, 0) is 0 Å². The maximum absolute atomic E-state index is 13.7. The van der Waals surface area contributed by atoms with Gasteiger partial charge in [-0.15, -0.1) is 0 Å². The summed E-state index contributed by atoms with van der Waals surface area (Å²) in [6.07, 6.45) is 1.53. The van der Waals surface area contributed by atoms with E-state index < -0.39 is 5.92 Å². The van der Waals surface area contributed by atoms with Crippen LogP contribution in [0.25, 0.3) is 11.0 Å². The summed E-state index contributed by atoms with van der Waals surface area (Å²) in [5.74, 6) is 1.95. The van der Waals surface area contributed by atoms with Crippen LogP contribution >= 0.6 is 0 Å². The molecule has 0 saturated heterocycles. The molecule has 33 heavy (non-hydrogen) atoms. The zero-order valence-corrected chi connectivity index (χ0v) is 19.3. The normalized spacial score (nSPS) is 11.0. The first-order valence-electron chi connectivity index (χ1n) is 10.5. The van der Waals surface area contributed by atoms with Crippen LogP contribution in [0.5, 0.6) is 23.0 Å². The summed E-state index contributed by atoms with van der Waals surface area (Å²) in [7, 11) is 6.37. The molecule has 170 valence electrons. The van der Waals surface area contributed by atoms with Crippen LogP contribution < -0.4 is 24.4 Å². The highest BCUT2D eigenvalue weighted by atomic mass is 16.5. The van der Waals surface area contributed by atoms with Gasteiger partial charge in [0.05, 0.1) is 40.1 Å². The lowest BCUT2D eigenvalue weighted by Gasteiger charge is -2.23. The molecule has 0 aliphatic carbocycles. The molecule has 1 aromatic heterocycles. The predicted octanol–water partition coefficient (Wildman–Crippen LogP) is 5.32. The number of hydrogen-bond donors (Lipinski definition) is 0. The molecule has 1 heterocycles. The molecule has 0 spiro atoms. The smallest absolute Gasteiger partial charge is 0.196 e. The van der Waals surface area contributed by atoms with Gasteiger partial charge in [0.1, 0.15) is 28.6 Å².